The second kappa shape index (κ2) is 7.51. The third-order valence-electron chi connectivity index (χ3n) is 7.29. The van der Waals surface area contributed by atoms with Crippen molar-refractivity contribution < 1.29 is 4.39 Å². The van der Waals surface area contributed by atoms with Crippen molar-refractivity contribution in [1.29, 1.82) is 0 Å². The maximum Gasteiger partial charge on any atom is 0.123 e. The monoisotopic (exact) mass is 401 g/mol. The fourth-order valence-corrected chi connectivity index (χ4v) is 5.49. The molecule has 3 atom stereocenters. The van der Waals surface area contributed by atoms with E-state index in [-0.39, 0.29) is 11.2 Å². The number of nitrogens with zero attached hydrogens (tertiary/aromatic N) is 2. The van der Waals surface area contributed by atoms with Gasteiger partial charge in [0.25, 0.3) is 0 Å². The smallest absolute Gasteiger partial charge is 0.123 e. The van der Waals surface area contributed by atoms with E-state index in [0.717, 1.165) is 30.6 Å². The van der Waals surface area contributed by atoms with Crippen LogP contribution < -0.4 is 5.32 Å². The summed E-state index contributed by atoms with van der Waals surface area (Å²) in [4.78, 5) is 0. The van der Waals surface area contributed by atoms with Crippen LogP contribution in [0.25, 0.3) is 11.8 Å². The fourth-order valence-electron chi connectivity index (χ4n) is 5.49. The van der Waals surface area contributed by atoms with Crippen molar-refractivity contribution in [1.82, 2.24) is 15.1 Å². The fraction of sp³-hybridized carbons (Fsp3) is 0.346. The summed E-state index contributed by atoms with van der Waals surface area (Å²) in [6.45, 7) is 2.44. The zero-order valence-electron chi connectivity index (χ0n) is 17.6. The lowest BCUT2D eigenvalue weighted by Gasteiger charge is -2.37. The molecule has 3 nitrogen and oxygen atoms in total. The zero-order chi connectivity index (χ0) is 20.7. The van der Waals surface area contributed by atoms with Crippen molar-refractivity contribution in [2.75, 3.05) is 7.05 Å². The summed E-state index contributed by atoms with van der Waals surface area (Å²) in [6, 6.07) is 17.7. The summed E-state index contributed by atoms with van der Waals surface area (Å²) in [5.41, 5.74) is 6.43. The third kappa shape index (κ3) is 3.20. The van der Waals surface area contributed by atoms with Crippen molar-refractivity contribution in [2.45, 2.75) is 38.6 Å². The van der Waals surface area contributed by atoms with E-state index in [1.54, 1.807) is 12.1 Å². The Bertz CT molecular complexity index is 1070. The lowest BCUT2D eigenvalue weighted by molar-refractivity contribution is 0.234. The van der Waals surface area contributed by atoms with Gasteiger partial charge < -0.3 is 5.32 Å². The van der Waals surface area contributed by atoms with Crippen LogP contribution in [0.5, 0.6) is 0 Å². The van der Waals surface area contributed by atoms with Gasteiger partial charge in [-0.2, -0.15) is 5.10 Å². The van der Waals surface area contributed by atoms with Crippen LogP contribution in [0.2, 0.25) is 0 Å². The number of allylic oxidation sites excluding steroid dienone is 1. The Morgan fingerprint density at radius 1 is 1.17 bits per heavy atom. The molecule has 0 spiro atoms. The van der Waals surface area contributed by atoms with Crippen molar-refractivity contribution >= 4 is 6.08 Å². The van der Waals surface area contributed by atoms with Crippen LogP contribution in [0.15, 0.2) is 66.4 Å². The van der Waals surface area contributed by atoms with Crippen LogP contribution in [-0.2, 0) is 6.42 Å². The number of hydrogen-bond acceptors (Lipinski definition) is 2. The minimum Gasteiger partial charge on any atom is -0.313 e. The first-order valence-corrected chi connectivity index (χ1v) is 10.8. The summed E-state index contributed by atoms with van der Waals surface area (Å²) >= 11 is 0. The number of halogens is 1. The number of rotatable bonds is 5. The number of fused-ring (bicyclic) bond motifs is 2. The molecule has 2 aliphatic rings. The molecule has 0 amide bonds. The molecule has 3 aromatic rings. The Hall–Kier alpha value is -2.72. The molecule has 1 fully saturated rings. The van der Waals surface area contributed by atoms with E-state index in [4.69, 9.17) is 0 Å². The van der Waals surface area contributed by atoms with Gasteiger partial charge in [-0.25, -0.2) is 9.07 Å². The van der Waals surface area contributed by atoms with Crippen LogP contribution in [0.1, 0.15) is 49.0 Å². The largest absolute Gasteiger partial charge is 0.313 e. The Morgan fingerprint density at radius 2 is 1.93 bits per heavy atom. The highest BCUT2D eigenvalue weighted by Crippen LogP contribution is 2.55. The molecule has 30 heavy (non-hydrogen) atoms. The van der Waals surface area contributed by atoms with Crippen LogP contribution in [-0.4, -0.2) is 16.8 Å². The highest BCUT2D eigenvalue weighted by Gasteiger charge is 2.46. The van der Waals surface area contributed by atoms with Gasteiger partial charge in [0.15, 0.2) is 0 Å². The number of benzene rings is 2. The number of aromatic nitrogens is 2. The predicted molar refractivity (Wildman–Crippen MR) is 119 cm³/mol. The van der Waals surface area contributed by atoms with Gasteiger partial charge in [0.05, 0.1) is 17.6 Å². The van der Waals surface area contributed by atoms with Crippen molar-refractivity contribution in [3.63, 3.8) is 0 Å². The minimum atomic E-state index is -0.221. The first-order valence-electron chi connectivity index (χ1n) is 10.8. The third-order valence-corrected chi connectivity index (χ3v) is 7.29. The second-order valence-electron chi connectivity index (χ2n) is 8.93. The summed E-state index contributed by atoms with van der Waals surface area (Å²) in [5.74, 6) is 0.408. The van der Waals surface area contributed by atoms with Crippen LogP contribution >= 0.6 is 0 Å². The SMILES string of the molecule is CNC(CC1CCC2=Cc3c(cnn3-c3ccc(F)cc3)CC21C)c1ccccc1. The Labute approximate surface area is 177 Å². The highest BCUT2D eigenvalue weighted by molar-refractivity contribution is 5.61. The molecular formula is C26H28FN3. The maximum atomic E-state index is 13.3. The minimum absolute atomic E-state index is 0.174. The molecule has 0 radical (unpaired) electrons. The molecule has 0 saturated heterocycles. The van der Waals surface area contributed by atoms with Crippen LogP contribution in [0.3, 0.4) is 0 Å². The van der Waals surface area contributed by atoms with Gasteiger partial charge >= 0.3 is 0 Å². The first kappa shape index (κ1) is 19.3. The van der Waals surface area contributed by atoms with Gasteiger partial charge in [0, 0.05) is 6.04 Å². The second-order valence-corrected chi connectivity index (χ2v) is 8.93. The van der Waals surface area contributed by atoms with E-state index in [1.807, 2.05) is 10.9 Å². The zero-order valence-corrected chi connectivity index (χ0v) is 17.6. The molecule has 1 N–H and O–H groups in total. The molecule has 3 unspecified atom stereocenters. The van der Waals surface area contributed by atoms with Crippen molar-refractivity contribution in [2.24, 2.45) is 11.3 Å². The number of hydrogen-bond donors (Lipinski definition) is 1. The standard InChI is InChI=1S/C26H28FN3/c1-26-16-19-17-29-30(23-12-10-22(27)11-13-23)25(19)15-21(26)9-8-20(26)14-24(28-2)18-6-4-3-5-7-18/h3-7,10-13,15,17,20,24,28H,8-9,14,16H2,1-2H3. The average Bonchev–Trinajstić information content (AvgIpc) is 3.31. The molecule has 5 rings (SSSR count). The molecule has 1 saturated carbocycles. The van der Waals surface area contributed by atoms with Crippen molar-refractivity contribution in [3.8, 4) is 5.69 Å². The van der Waals surface area contributed by atoms with E-state index in [2.05, 4.69) is 60.8 Å². The van der Waals surface area contributed by atoms with Crippen LogP contribution in [0.4, 0.5) is 4.39 Å². The molecule has 2 aromatic carbocycles. The van der Waals surface area contributed by atoms with Gasteiger partial charge in [-0.15, -0.1) is 0 Å². The summed E-state index contributed by atoms with van der Waals surface area (Å²) < 4.78 is 15.3. The molecule has 2 aliphatic carbocycles. The predicted octanol–water partition coefficient (Wildman–Crippen LogP) is 5.72. The first-order chi connectivity index (χ1) is 14.6. The van der Waals surface area contributed by atoms with E-state index >= 15 is 0 Å². The summed E-state index contributed by atoms with van der Waals surface area (Å²) in [5, 5.41) is 8.18. The summed E-state index contributed by atoms with van der Waals surface area (Å²) in [7, 11) is 2.07. The highest BCUT2D eigenvalue weighted by atomic mass is 19.1. The molecule has 1 aromatic heterocycles. The molecule has 4 heteroatoms. The Morgan fingerprint density at radius 3 is 2.67 bits per heavy atom. The summed E-state index contributed by atoms with van der Waals surface area (Å²) in [6.07, 6.45) is 8.87. The van der Waals surface area contributed by atoms with E-state index in [0.29, 0.717) is 12.0 Å². The van der Waals surface area contributed by atoms with E-state index in [9.17, 15) is 4.39 Å². The van der Waals surface area contributed by atoms with E-state index < -0.39 is 0 Å². The normalized spacial score (nSPS) is 23.6. The Balaban J connectivity index is 1.43. The van der Waals surface area contributed by atoms with Crippen LogP contribution in [0, 0.1) is 17.2 Å². The molecule has 0 aliphatic heterocycles. The van der Waals surface area contributed by atoms with Gasteiger partial charge in [-0.3, -0.25) is 0 Å². The molecule has 0 bridgehead atoms. The maximum absolute atomic E-state index is 13.3. The lowest BCUT2D eigenvalue weighted by Crippen LogP contribution is -2.32. The topological polar surface area (TPSA) is 29.9 Å². The molecule has 1 heterocycles. The average molecular weight is 402 g/mol. The van der Waals surface area contributed by atoms with Gasteiger partial charge in [0.1, 0.15) is 5.82 Å². The van der Waals surface area contributed by atoms with Gasteiger partial charge in [-0.05, 0) is 85.5 Å². The quantitative estimate of drug-likeness (QED) is 0.593. The molecule has 154 valence electrons. The van der Waals surface area contributed by atoms with Gasteiger partial charge in [-0.1, -0.05) is 42.8 Å². The Kier molecular flexibility index (Phi) is 4.82. The van der Waals surface area contributed by atoms with Crippen molar-refractivity contribution in [3.05, 3.63) is 89.0 Å². The lowest BCUT2D eigenvalue weighted by atomic mass is 9.68. The molecular weight excluding hydrogens is 373 g/mol. The van der Waals surface area contributed by atoms with Gasteiger partial charge in [0.2, 0.25) is 0 Å². The number of nitrogens with one attached hydrogen (secondary N) is 1. The van der Waals surface area contributed by atoms with E-state index in [1.165, 1.54) is 35.3 Å².